The number of carbonyl (C=O) groups excluding carboxylic acids is 2. The highest BCUT2D eigenvalue weighted by Gasteiger charge is 2.20. The summed E-state index contributed by atoms with van der Waals surface area (Å²) < 4.78 is 0. The predicted molar refractivity (Wildman–Crippen MR) is 125 cm³/mol. The summed E-state index contributed by atoms with van der Waals surface area (Å²) in [5.74, 6) is -0.245. The van der Waals surface area contributed by atoms with Crippen molar-refractivity contribution >= 4 is 11.8 Å². The number of nitrogens with zero attached hydrogens (tertiary/aromatic N) is 4. The topological polar surface area (TPSA) is 78.4 Å². The number of likely N-dealkylation sites (tertiary alicyclic amines) is 1. The molecule has 1 aromatic carbocycles. The molecule has 0 radical (unpaired) electrons. The van der Waals surface area contributed by atoms with Gasteiger partial charge in [0.2, 0.25) is 5.91 Å². The first-order valence-electron chi connectivity index (χ1n) is 11.7. The highest BCUT2D eigenvalue weighted by molar-refractivity contribution is 5.92. The van der Waals surface area contributed by atoms with Crippen LogP contribution in [0.5, 0.6) is 0 Å². The van der Waals surface area contributed by atoms with Crippen molar-refractivity contribution < 1.29 is 9.59 Å². The number of hydrogen-bond acceptors (Lipinski definition) is 5. The quantitative estimate of drug-likeness (QED) is 0.578. The highest BCUT2D eigenvalue weighted by Crippen LogP contribution is 2.16. The van der Waals surface area contributed by atoms with Crippen molar-refractivity contribution in [1.29, 1.82) is 0 Å². The number of benzene rings is 1. The fraction of sp³-hybridized carbons (Fsp3) is 0.520. The van der Waals surface area contributed by atoms with E-state index in [4.69, 9.17) is 0 Å². The molecule has 0 aliphatic carbocycles. The lowest BCUT2D eigenvalue weighted by Gasteiger charge is -2.33. The van der Waals surface area contributed by atoms with Crippen molar-refractivity contribution in [2.45, 2.75) is 58.5 Å². The maximum atomic E-state index is 13.0. The van der Waals surface area contributed by atoms with Gasteiger partial charge in [-0.2, -0.15) is 0 Å². The van der Waals surface area contributed by atoms with E-state index in [1.807, 2.05) is 37.3 Å². The van der Waals surface area contributed by atoms with Gasteiger partial charge < -0.3 is 15.1 Å². The average molecular weight is 438 g/mol. The molecule has 2 heterocycles. The fourth-order valence-electron chi connectivity index (χ4n) is 4.05. The van der Waals surface area contributed by atoms with Crippen LogP contribution in [0.4, 0.5) is 0 Å². The van der Waals surface area contributed by atoms with Gasteiger partial charge in [0.05, 0.1) is 11.9 Å². The van der Waals surface area contributed by atoms with Crippen LogP contribution in [0.15, 0.2) is 42.7 Å². The van der Waals surface area contributed by atoms with Crippen molar-refractivity contribution in [1.82, 2.24) is 25.1 Å². The Morgan fingerprint density at radius 3 is 2.69 bits per heavy atom. The zero-order valence-electron chi connectivity index (χ0n) is 19.3. The molecule has 1 fully saturated rings. The Balaban J connectivity index is 1.49. The summed E-state index contributed by atoms with van der Waals surface area (Å²) in [7, 11) is 0. The van der Waals surface area contributed by atoms with Gasteiger partial charge in [-0.25, -0.2) is 4.98 Å². The van der Waals surface area contributed by atoms with E-state index in [0.717, 1.165) is 30.8 Å². The minimum Gasteiger partial charge on any atom is -0.356 e. The molecule has 1 aromatic heterocycles. The Hall–Kier alpha value is -2.80. The van der Waals surface area contributed by atoms with Gasteiger partial charge in [-0.3, -0.25) is 14.6 Å². The molecule has 1 unspecified atom stereocenters. The molecule has 32 heavy (non-hydrogen) atoms. The van der Waals surface area contributed by atoms with Crippen molar-refractivity contribution in [3.05, 3.63) is 59.7 Å². The van der Waals surface area contributed by atoms with Crippen LogP contribution in [0, 0.1) is 6.92 Å². The number of nitrogens with one attached hydrogen (secondary N) is 1. The van der Waals surface area contributed by atoms with Crippen molar-refractivity contribution in [3.63, 3.8) is 0 Å². The molecule has 2 aromatic rings. The first kappa shape index (κ1) is 23.9. The molecule has 0 bridgehead atoms. The predicted octanol–water partition coefficient (Wildman–Crippen LogP) is 3.20. The SMILES string of the molecule is Cc1cnc(C(=O)N(CCC(=O)NCCCN2CCCCC2C)Cc2ccccc2)cn1. The van der Waals surface area contributed by atoms with Gasteiger partial charge in [0.1, 0.15) is 5.69 Å². The summed E-state index contributed by atoms with van der Waals surface area (Å²) in [5, 5.41) is 3.01. The monoisotopic (exact) mass is 437 g/mol. The van der Waals surface area contributed by atoms with E-state index in [1.165, 1.54) is 25.5 Å². The normalized spacial score (nSPS) is 16.5. The van der Waals surface area contributed by atoms with Crippen LogP contribution >= 0.6 is 0 Å². The molecule has 0 saturated carbocycles. The average Bonchev–Trinajstić information content (AvgIpc) is 2.81. The van der Waals surface area contributed by atoms with Gasteiger partial charge >= 0.3 is 0 Å². The molecule has 3 rings (SSSR count). The fourth-order valence-corrected chi connectivity index (χ4v) is 4.05. The molecule has 1 saturated heterocycles. The molecule has 1 aliphatic rings. The molecule has 1 N–H and O–H groups in total. The van der Waals surface area contributed by atoms with Crippen LogP contribution in [0.25, 0.3) is 0 Å². The minimum absolute atomic E-state index is 0.0301. The Kier molecular flexibility index (Phi) is 9.16. The first-order chi connectivity index (χ1) is 15.5. The summed E-state index contributed by atoms with van der Waals surface area (Å²) in [6, 6.07) is 10.4. The number of aryl methyl sites for hydroxylation is 1. The Morgan fingerprint density at radius 2 is 1.97 bits per heavy atom. The van der Waals surface area contributed by atoms with E-state index in [1.54, 1.807) is 11.1 Å². The number of carbonyl (C=O) groups is 2. The molecular weight excluding hydrogens is 402 g/mol. The van der Waals surface area contributed by atoms with Crippen LogP contribution in [-0.4, -0.2) is 63.8 Å². The van der Waals surface area contributed by atoms with E-state index < -0.39 is 0 Å². The molecule has 7 nitrogen and oxygen atoms in total. The molecule has 0 spiro atoms. The molecule has 172 valence electrons. The number of amides is 2. The molecule has 7 heteroatoms. The molecule has 1 aliphatic heterocycles. The van der Waals surface area contributed by atoms with Gasteiger partial charge in [0.15, 0.2) is 0 Å². The number of rotatable bonds is 10. The van der Waals surface area contributed by atoms with E-state index in [-0.39, 0.29) is 18.2 Å². The third kappa shape index (κ3) is 7.41. The van der Waals surface area contributed by atoms with Crippen molar-refractivity contribution in [2.75, 3.05) is 26.2 Å². The van der Waals surface area contributed by atoms with E-state index in [2.05, 4.69) is 27.1 Å². The van der Waals surface area contributed by atoms with Crippen molar-refractivity contribution in [3.8, 4) is 0 Å². The van der Waals surface area contributed by atoms with Gasteiger partial charge in [-0.05, 0) is 45.2 Å². The highest BCUT2D eigenvalue weighted by atomic mass is 16.2. The van der Waals surface area contributed by atoms with Gasteiger partial charge in [-0.1, -0.05) is 36.8 Å². The van der Waals surface area contributed by atoms with Gasteiger partial charge in [0.25, 0.3) is 5.91 Å². The standard InChI is InChI=1S/C25H35N5O2/c1-20-17-28-23(18-27-20)25(32)30(19-22-10-4-3-5-11-22)16-12-24(31)26-13-8-15-29-14-7-6-9-21(29)2/h3-5,10-11,17-18,21H,6-9,12-16,19H2,1-2H3,(H,26,31). The van der Waals surface area contributed by atoms with Crippen molar-refractivity contribution in [2.24, 2.45) is 0 Å². The zero-order valence-corrected chi connectivity index (χ0v) is 19.3. The zero-order chi connectivity index (χ0) is 22.8. The van der Waals surface area contributed by atoms with E-state index >= 15 is 0 Å². The third-order valence-corrected chi connectivity index (χ3v) is 6.00. The Labute approximate surface area is 191 Å². The number of aromatic nitrogens is 2. The van der Waals surface area contributed by atoms with Crippen LogP contribution in [0.2, 0.25) is 0 Å². The van der Waals surface area contributed by atoms with E-state index in [9.17, 15) is 9.59 Å². The second kappa shape index (κ2) is 12.3. The lowest BCUT2D eigenvalue weighted by Crippen LogP contribution is -2.39. The minimum atomic E-state index is -0.215. The van der Waals surface area contributed by atoms with Crippen LogP contribution in [-0.2, 0) is 11.3 Å². The second-order valence-electron chi connectivity index (χ2n) is 8.59. The lowest BCUT2D eigenvalue weighted by molar-refractivity contribution is -0.121. The summed E-state index contributed by atoms with van der Waals surface area (Å²) in [4.78, 5) is 38.0. The van der Waals surface area contributed by atoms with Crippen LogP contribution < -0.4 is 5.32 Å². The Morgan fingerprint density at radius 1 is 1.16 bits per heavy atom. The number of hydrogen-bond donors (Lipinski definition) is 1. The summed E-state index contributed by atoms with van der Waals surface area (Å²) in [6.07, 6.45) is 8.15. The van der Waals surface area contributed by atoms with E-state index in [0.29, 0.717) is 31.4 Å². The molecule has 2 amide bonds. The van der Waals surface area contributed by atoms with Crippen LogP contribution in [0.3, 0.4) is 0 Å². The summed E-state index contributed by atoms with van der Waals surface area (Å²) in [5.41, 5.74) is 2.06. The molecule has 1 atom stereocenters. The smallest absolute Gasteiger partial charge is 0.274 e. The maximum Gasteiger partial charge on any atom is 0.274 e. The summed E-state index contributed by atoms with van der Waals surface area (Å²) >= 11 is 0. The summed E-state index contributed by atoms with van der Waals surface area (Å²) in [6.45, 7) is 7.72. The first-order valence-corrected chi connectivity index (χ1v) is 11.7. The van der Waals surface area contributed by atoms with Gasteiger partial charge in [-0.15, -0.1) is 0 Å². The Bertz CT molecular complexity index is 856. The van der Waals surface area contributed by atoms with Gasteiger partial charge in [0, 0.05) is 44.8 Å². The lowest BCUT2D eigenvalue weighted by atomic mass is 10.0. The number of piperidine rings is 1. The maximum absolute atomic E-state index is 13.0. The largest absolute Gasteiger partial charge is 0.356 e. The second-order valence-corrected chi connectivity index (χ2v) is 8.59. The molecular formula is C25H35N5O2. The van der Waals surface area contributed by atoms with Crippen LogP contribution in [0.1, 0.15) is 60.8 Å². The third-order valence-electron chi connectivity index (χ3n) is 6.00.